The van der Waals surface area contributed by atoms with Crippen LogP contribution in [0.25, 0.3) is 10.9 Å². The largest absolute Gasteiger partial charge is 0.573 e. The Hall–Kier alpha value is -3.82. The van der Waals surface area contributed by atoms with Crippen LogP contribution in [0.1, 0.15) is 38.7 Å². The number of hydrogen-bond donors (Lipinski definition) is 0. The first-order valence-corrected chi connectivity index (χ1v) is 12.2. The fourth-order valence-electron chi connectivity index (χ4n) is 4.94. The number of nitrogens with zero attached hydrogens (tertiary/aromatic N) is 4. The molecule has 7 nitrogen and oxygen atoms in total. The van der Waals surface area contributed by atoms with Crippen molar-refractivity contribution >= 4 is 34.3 Å². The number of fused-ring (bicyclic) bond motifs is 1. The number of amides is 3. The minimum atomic E-state index is -4.83. The maximum absolute atomic E-state index is 13.6. The van der Waals surface area contributed by atoms with E-state index < -0.39 is 29.6 Å². The lowest BCUT2D eigenvalue weighted by Gasteiger charge is -2.30. The van der Waals surface area contributed by atoms with Gasteiger partial charge in [0.1, 0.15) is 17.1 Å². The Balaban J connectivity index is 1.47. The van der Waals surface area contributed by atoms with Crippen LogP contribution in [0, 0.1) is 0 Å². The van der Waals surface area contributed by atoms with E-state index in [4.69, 9.17) is 4.98 Å². The summed E-state index contributed by atoms with van der Waals surface area (Å²) in [5.74, 6) is -0.0437. The molecule has 0 saturated carbocycles. The quantitative estimate of drug-likeness (QED) is 0.400. The first-order chi connectivity index (χ1) is 17.5. The summed E-state index contributed by atoms with van der Waals surface area (Å²) in [6, 6.07) is 13.9. The fourth-order valence-corrected chi connectivity index (χ4v) is 4.94. The molecular formula is C27H27F3N4O3. The molecule has 1 aromatic heterocycles. The zero-order valence-corrected chi connectivity index (χ0v) is 20.6. The minimum absolute atomic E-state index is 0.174. The highest BCUT2D eigenvalue weighted by molar-refractivity contribution is 6.23. The van der Waals surface area contributed by atoms with Gasteiger partial charge in [0.25, 0.3) is 5.91 Å². The fraction of sp³-hybridized carbons (Fsp3) is 0.370. The van der Waals surface area contributed by atoms with Gasteiger partial charge in [-0.15, -0.1) is 13.2 Å². The number of benzene rings is 2. The zero-order valence-electron chi connectivity index (χ0n) is 20.6. The van der Waals surface area contributed by atoms with Gasteiger partial charge in [-0.3, -0.25) is 4.79 Å². The molecule has 37 heavy (non-hydrogen) atoms. The Morgan fingerprint density at radius 3 is 2.32 bits per heavy atom. The second-order valence-corrected chi connectivity index (χ2v) is 9.81. The number of carbonyl (C=O) groups excluding carboxylic acids is 2. The first-order valence-electron chi connectivity index (χ1n) is 12.2. The number of para-hydroxylation sites is 1. The standard InChI is InChI=1S/C27H27F3N4O3/c1-26(2)24(35)34(19-10-12-20(13-11-19)37-27(28,29)30)25(36)33(26)17-18-16-23(32-14-6-3-7-15-32)31-22-9-5-4-8-21(18)22/h4-5,8-13,16H,3,6-7,14-15,17H2,1-2H3. The third kappa shape index (κ3) is 4.80. The predicted molar refractivity (Wildman–Crippen MR) is 133 cm³/mol. The van der Waals surface area contributed by atoms with Crippen molar-refractivity contribution in [1.82, 2.24) is 9.88 Å². The Bertz CT molecular complexity index is 1330. The van der Waals surface area contributed by atoms with Gasteiger partial charge < -0.3 is 14.5 Å². The molecule has 0 unspecified atom stereocenters. The molecule has 2 aliphatic rings. The van der Waals surface area contributed by atoms with Gasteiger partial charge in [-0.1, -0.05) is 18.2 Å². The number of ether oxygens (including phenoxy) is 1. The molecule has 0 N–H and O–H groups in total. The smallest absolute Gasteiger partial charge is 0.406 e. The summed E-state index contributed by atoms with van der Waals surface area (Å²) in [7, 11) is 0. The second-order valence-electron chi connectivity index (χ2n) is 9.81. The summed E-state index contributed by atoms with van der Waals surface area (Å²) in [5.41, 5.74) is 0.687. The Morgan fingerprint density at radius 1 is 0.973 bits per heavy atom. The lowest BCUT2D eigenvalue weighted by Crippen LogP contribution is -2.43. The van der Waals surface area contributed by atoms with Crippen molar-refractivity contribution in [2.75, 3.05) is 22.9 Å². The van der Waals surface area contributed by atoms with E-state index >= 15 is 0 Å². The predicted octanol–water partition coefficient (Wildman–Crippen LogP) is 5.87. The molecule has 0 bridgehead atoms. The molecular weight excluding hydrogens is 485 g/mol. The van der Waals surface area contributed by atoms with E-state index in [2.05, 4.69) is 9.64 Å². The number of imide groups is 1. The molecule has 3 heterocycles. The molecule has 0 atom stereocenters. The summed E-state index contributed by atoms with van der Waals surface area (Å²) in [6.45, 7) is 5.35. The van der Waals surface area contributed by atoms with Crippen LogP contribution < -0.4 is 14.5 Å². The van der Waals surface area contributed by atoms with Crippen LogP contribution in [-0.2, 0) is 11.3 Å². The molecule has 2 fully saturated rings. The normalized spacial score (nSPS) is 18.1. The zero-order chi connectivity index (χ0) is 26.4. The molecule has 194 valence electrons. The van der Waals surface area contributed by atoms with Crippen LogP contribution in [0.3, 0.4) is 0 Å². The molecule has 2 aliphatic heterocycles. The van der Waals surface area contributed by atoms with Crippen LogP contribution >= 0.6 is 0 Å². The van der Waals surface area contributed by atoms with Crippen molar-refractivity contribution in [2.45, 2.75) is 51.6 Å². The summed E-state index contributed by atoms with van der Waals surface area (Å²) in [4.78, 5) is 36.5. The van der Waals surface area contributed by atoms with Crippen molar-refractivity contribution in [1.29, 1.82) is 0 Å². The topological polar surface area (TPSA) is 66.0 Å². The van der Waals surface area contributed by atoms with Gasteiger partial charge >= 0.3 is 12.4 Å². The van der Waals surface area contributed by atoms with E-state index in [0.29, 0.717) is 0 Å². The number of pyridine rings is 1. The molecule has 3 aromatic rings. The number of urea groups is 1. The summed E-state index contributed by atoms with van der Waals surface area (Å²) in [5, 5.41) is 0.895. The third-order valence-corrected chi connectivity index (χ3v) is 6.95. The van der Waals surface area contributed by atoms with Gasteiger partial charge in [0.15, 0.2) is 0 Å². The summed E-state index contributed by atoms with van der Waals surface area (Å²) < 4.78 is 41.5. The van der Waals surface area contributed by atoms with Gasteiger partial charge in [-0.05, 0) is 75.1 Å². The number of halogens is 3. The van der Waals surface area contributed by atoms with E-state index in [0.717, 1.165) is 65.2 Å². The van der Waals surface area contributed by atoms with Crippen molar-refractivity contribution in [3.8, 4) is 5.75 Å². The number of rotatable bonds is 5. The van der Waals surface area contributed by atoms with Crippen molar-refractivity contribution in [3.63, 3.8) is 0 Å². The van der Waals surface area contributed by atoms with Gasteiger partial charge in [-0.25, -0.2) is 14.7 Å². The van der Waals surface area contributed by atoms with Gasteiger partial charge in [0, 0.05) is 25.0 Å². The van der Waals surface area contributed by atoms with Gasteiger partial charge in [0.05, 0.1) is 11.2 Å². The van der Waals surface area contributed by atoms with E-state index in [1.807, 2.05) is 30.3 Å². The van der Waals surface area contributed by atoms with E-state index in [1.54, 1.807) is 13.8 Å². The number of alkyl halides is 3. The van der Waals surface area contributed by atoms with Crippen molar-refractivity contribution in [3.05, 3.63) is 60.2 Å². The molecule has 10 heteroatoms. The lowest BCUT2D eigenvalue weighted by atomic mass is 10.0. The van der Waals surface area contributed by atoms with Crippen LogP contribution in [-0.4, -0.2) is 46.8 Å². The minimum Gasteiger partial charge on any atom is -0.406 e. The Kier molecular flexibility index (Phi) is 6.21. The monoisotopic (exact) mass is 512 g/mol. The van der Waals surface area contributed by atoms with Gasteiger partial charge in [0.2, 0.25) is 0 Å². The molecule has 0 aliphatic carbocycles. The highest BCUT2D eigenvalue weighted by atomic mass is 19.4. The van der Waals surface area contributed by atoms with Crippen LogP contribution in [0.2, 0.25) is 0 Å². The van der Waals surface area contributed by atoms with Crippen LogP contribution in [0.15, 0.2) is 54.6 Å². The van der Waals surface area contributed by atoms with E-state index in [9.17, 15) is 22.8 Å². The van der Waals surface area contributed by atoms with E-state index in [1.165, 1.54) is 23.5 Å². The number of piperidine rings is 1. The molecule has 0 radical (unpaired) electrons. The maximum Gasteiger partial charge on any atom is 0.573 e. The molecule has 3 amide bonds. The average molecular weight is 513 g/mol. The van der Waals surface area contributed by atoms with Crippen molar-refractivity contribution in [2.24, 2.45) is 0 Å². The highest BCUT2D eigenvalue weighted by Crippen LogP contribution is 2.36. The lowest BCUT2D eigenvalue weighted by molar-refractivity contribution is -0.274. The van der Waals surface area contributed by atoms with E-state index in [-0.39, 0.29) is 12.2 Å². The first kappa shape index (κ1) is 24.9. The molecule has 5 rings (SSSR count). The molecule has 2 saturated heterocycles. The summed E-state index contributed by atoms with van der Waals surface area (Å²) in [6.07, 6.45) is -1.45. The molecule has 0 spiro atoms. The van der Waals surface area contributed by atoms with Crippen LogP contribution in [0.4, 0.5) is 29.5 Å². The number of carbonyl (C=O) groups is 2. The van der Waals surface area contributed by atoms with Crippen molar-refractivity contribution < 1.29 is 27.5 Å². The van der Waals surface area contributed by atoms with Crippen LogP contribution in [0.5, 0.6) is 5.75 Å². The Morgan fingerprint density at radius 2 is 1.65 bits per heavy atom. The molecule has 2 aromatic carbocycles. The maximum atomic E-state index is 13.6. The summed E-state index contributed by atoms with van der Waals surface area (Å²) >= 11 is 0. The third-order valence-electron chi connectivity index (χ3n) is 6.95. The Labute approximate surface area is 212 Å². The number of aromatic nitrogens is 1. The average Bonchev–Trinajstić information content (AvgIpc) is 3.03. The van der Waals surface area contributed by atoms with Gasteiger partial charge in [-0.2, -0.15) is 0 Å². The SMILES string of the molecule is CC1(C)C(=O)N(c2ccc(OC(F)(F)F)cc2)C(=O)N1Cc1cc(N2CCCCC2)nc2ccccc12. The second kappa shape index (κ2) is 9.24. The highest BCUT2D eigenvalue weighted by Gasteiger charge is 2.52. The number of anilines is 2. The number of hydrogen-bond acceptors (Lipinski definition) is 5.